The Hall–Kier alpha value is -1.03. The van der Waals surface area contributed by atoms with Crippen LogP contribution in [0.25, 0.3) is 0 Å². The van der Waals surface area contributed by atoms with Crippen molar-refractivity contribution in [2.45, 2.75) is 24.7 Å². The quantitative estimate of drug-likeness (QED) is 0.771. The smallest absolute Gasteiger partial charge is 0.161 e. The lowest BCUT2D eigenvalue weighted by atomic mass is 9.34. The summed E-state index contributed by atoms with van der Waals surface area (Å²) in [7, 11) is 0. The highest BCUT2D eigenvalue weighted by atomic mass is 19.2. The molecule has 1 N–H and O–H groups in total. The average Bonchev–Trinajstić information content (AvgIpc) is 2.10. The molecule has 3 aliphatic rings. The van der Waals surface area contributed by atoms with Gasteiger partial charge in [-0.05, 0) is 36.3 Å². The molecule has 3 aliphatic carbocycles. The minimum absolute atomic E-state index is 0.0721. The number of hydrogen-bond acceptors (Lipinski definition) is 1. The second-order valence-corrected chi connectivity index (χ2v) is 5.21. The molecule has 0 amide bonds. The van der Waals surface area contributed by atoms with Gasteiger partial charge in [-0.3, -0.25) is 0 Å². The molecule has 0 spiro atoms. The van der Waals surface area contributed by atoms with Crippen molar-refractivity contribution in [3.05, 3.63) is 35.1 Å². The van der Waals surface area contributed by atoms with Crippen LogP contribution in [0.5, 0.6) is 0 Å². The van der Waals surface area contributed by atoms with Crippen LogP contribution in [0.15, 0.2) is 12.1 Å². The Kier molecular flexibility index (Phi) is 1.78. The predicted octanol–water partition coefficient (Wildman–Crippen LogP) is 2.52. The Balaban J connectivity index is 1.95. The van der Waals surface area contributed by atoms with Gasteiger partial charge < -0.3 is 5.11 Å². The Morgan fingerprint density at radius 1 is 1.00 bits per heavy atom. The zero-order valence-corrected chi connectivity index (χ0v) is 8.56. The summed E-state index contributed by atoms with van der Waals surface area (Å²) in [5.41, 5.74) is -0.153. The lowest BCUT2D eigenvalue weighted by Gasteiger charge is -2.70. The van der Waals surface area contributed by atoms with Crippen LogP contribution in [0.2, 0.25) is 0 Å². The van der Waals surface area contributed by atoms with Gasteiger partial charge in [0.2, 0.25) is 0 Å². The largest absolute Gasteiger partial charge is 0.396 e. The second kappa shape index (κ2) is 2.80. The van der Waals surface area contributed by atoms with Crippen molar-refractivity contribution >= 4 is 0 Å². The highest BCUT2D eigenvalue weighted by molar-refractivity contribution is 5.40. The standard InChI is InChI=1S/C12H11F3O/c13-8-2-10(15)9(14)1-7(8)12-3-11(4-12,5-12)6-16/h1-2,16H,3-6H2. The van der Waals surface area contributed by atoms with Gasteiger partial charge in [0.15, 0.2) is 11.6 Å². The fraction of sp³-hybridized carbons (Fsp3) is 0.500. The lowest BCUT2D eigenvalue weighted by Crippen LogP contribution is -2.66. The van der Waals surface area contributed by atoms with Crippen molar-refractivity contribution < 1.29 is 18.3 Å². The summed E-state index contributed by atoms with van der Waals surface area (Å²) in [6, 6.07) is 1.57. The van der Waals surface area contributed by atoms with Crippen LogP contribution in [-0.2, 0) is 5.41 Å². The number of rotatable bonds is 2. The molecule has 1 aromatic carbocycles. The summed E-state index contributed by atoms with van der Waals surface area (Å²) in [5.74, 6) is -2.82. The third-order valence-corrected chi connectivity index (χ3v) is 4.06. The van der Waals surface area contributed by atoms with E-state index >= 15 is 0 Å². The van der Waals surface area contributed by atoms with Crippen molar-refractivity contribution in [3.8, 4) is 0 Å². The van der Waals surface area contributed by atoms with Crippen LogP contribution in [0, 0.1) is 22.9 Å². The number of benzene rings is 1. The van der Waals surface area contributed by atoms with E-state index in [2.05, 4.69) is 0 Å². The molecule has 86 valence electrons. The van der Waals surface area contributed by atoms with Crippen molar-refractivity contribution in [1.82, 2.24) is 0 Å². The summed E-state index contributed by atoms with van der Waals surface area (Å²) in [4.78, 5) is 0. The fourth-order valence-corrected chi connectivity index (χ4v) is 3.38. The van der Waals surface area contributed by atoms with Crippen molar-refractivity contribution in [2.75, 3.05) is 6.61 Å². The molecule has 0 heterocycles. The molecular formula is C12H11F3O. The average molecular weight is 228 g/mol. The first-order valence-corrected chi connectivity index (χ1v) is 5.26. The van der Waals surface area contributed by atoms with Crippen molar-refractivity contribution in [3.63, 3.8) is 0 Å². The van der Waals surface area contributed by atoms with Gasteiger partial charge in [0.05, 0.1) is 0 Å². The maximum atomic E-state index is 13.5. The molecule has 16 heavy (non-hydrogen) atoms. The Bertz CT molecular complexity index is 450. The van der Waals surface area contributed by atoms with E-state index in [4.69, 9.17) is 5.11 Å². The van der Waals surface area contributed by atoms with Gasteiger partial charge >= 0.3 is 0 Å². The van der Waals surface area contributed by atoms with Gasteiger partial charge in [-0.2, -0.15) is 0 Å². The predicted molar refractivity (Wildman–Crippen MR) is 51.4 cm³/mol. The number of aliphatic hydroxyl groups excluding tert-OH is 1. The van der Waals surface area contributed by atoms with E-state index in [1.54, 1.807) is 0 Å². The zero-order chi connectivity index (χ0) is 11.6. The van der Waals surface area contributed by atoms with Gasteiger partial charge in [-0.15, -0.1) is 0 Å². The Morgan fingerprint density at radius 3 is 2.12 bits per heavy atom. The lowest BCUT2D eigenvalue weighted by molar-refractivity contribution is -0.169. The van der Waals surface area contributed by atoms with E-state index in [0.29, 0.717) is 25.3 Å². The third-order valence-electron chi connectivity index (χ3n) is 4.06. The Labute approximate surface area is 90.9 Å². The van der Waals surface area contributed by atoms with Gasteiger partial charge in [-0.1, -0.05) is 0 Å². The first-order chi connectivity index (χ1) is 7.50. The molecule has 4 heteroatoms. The Morgan fingerprint density at radius 2 is 1.56 bits per heavy atom. The normalized spacial score (nSPS) is 35.5. The van der Waals surface area contributed by atoms with Crippen LogP contribution >= 0.6 is 0 Å². The van der Waals surface area contributed by atoms with Crippen LogP contribution in [0.3, 0.4) is 0 Å². The molecular weight excluding hydrogens is 217 g/mol. The molecule has 0 radical (unpaired) electrons. The topological polar surface area (TPSA) is 20.2 Å². The number of aliphatic hydroxyl groups is 1. The van der Waals surface area contributed by atoms with Gasteiger partial charge in [0.25, 0.3) is 0 Å². The molecule has 0 atom stereocenters. The summed E-state index contributed by atoms with van der Waals surface area (Å²) in [5, 5.41) is 9.08. The minimum atomic E-state index is -1.15. The monoisotopic (exact) mass is 228 g/mol. The SMILES string of the molecule is OCC12CC(c3cc(F)c(F)cc3F)(C1)C2. The van der Waals surface area contributed by atoms with Crippen LogP contribution in [0.1, 0.15) is 24.8 Å². The van der Waals surface area contributed by atoms with Crippen LogP contribution in [-0.4, -0.2) is 11.7 Å². The van der Waals surface area contributed by atoms with Gasteiger partial charge in [0.1, 0.15) is 5.82 Å². The van der Waals surface area contributed by atoms with E-state index in [-0.39, 0.29) is 23.0 Å². The van der Waals surface area contributed by atoms with Gasteiger partial charge in [-0.25, -0.2) is 13.2 Å². The summed E-state index contributed by atoms with van der Waals surface area (Å²) >= 11 is 0. The summed E-state index contributed by atoms with van der Waals surface area (Å²) < 4.78 is 39.4. The second-order valence-electron chi connectivity index (χ2n) is 5.21. The molecule has 0 aliphatic heterocycles. The highest BCUT2D eigenvalue weighted by Crippen LogP contribution is 2.73. The van der Waals surface area contributed by atoms with Crippen LogP contribution < -0.4 is 0 Å². The number of halogens is 3. The van der Waals surface area contributed by atoms with Crippen molar-refractivity contribution in [1.29, 1.82) is 0 Å². The third kappa shape index (κ3) is 1.05. The van der Waals surface area contributed by atoms with E-state index in [1.807, 2.05) is 0 Å². The van der Waals surface area contributed by atoms with Gasteiger partial charge in [0, 0.05) is 18.1 Å². The van der Waals surface area contributed by atoms with E-state index in [0.717, 1.165) is 6.07 Å². The first kappa shape index (κ1) is 10.1. The molecule has 0 unspecified atom stereocenters. The maximum Gasteiger partial charge on any atom is 0.161 e. The summed E-state index contributed by atoms with van der Waals surface area (Å²) in [6.07, 6.45) is 2.04. The molecule has 2 bridgehead atoms. The molecule has 3 fully saturated rings. The molecule has 1 aromatic rings. The summed E-state index contributed by atoms with van der Waals surface area (Å²) in [6.45, 7) is 0.0973. The molecule has 1 nitrogen and oxygen atoms in total. The molecule has 4 rings (SSSR count). The molecule has 0 saturated heterocycles. The minimum Gasteiger partial charge on any atom is -0.396 e. The maximum absolute atomic E-state index is 13.5. The van der Waals surface area contributed by atoms with E-state index in [9.17, 15) is 13.2 Å². The van der Waals surface area contributed by atoms with Crippen LogP contribution in [0.4, 0.5) is 13.2 Å². The highest BCUT2D eigenvalue weighted by Gasteiger charge is 2.68. The molecule has 0 aromatic heterocycles. The van der Waals surface area contributed by atoms with Crippen molar-refractivity contribution in [2.24, 2.45) is 5.41 Å². The molecule has 3 saturated carbocycles. The van der Waals surface area contributed by atoms with E-state index in [1.165, 1.54) is 0 Å². The first-order valence-electron chi connectivity index (χ1n) is 5.26. The van der Waals surface area contributed by atoms with E-state index < -0.39 is 17.5 Å². The fourth-order valence-electron chi connectivity index (χ4n) is 3.38. The number of hydrogen-bond donors (Lipinski definition) is 1. The zero-order valence-electron chi connectivity index (χ0n) is 8.56.